The zero-order valence-corrected chi connectivity index (χ0v) is 36.2. The van der Waals surface area contributed by atoms with Gasteiger partial charge in [-0.2, -0.15) is 0 Å². The van der Waals surface area contributed by atoms with Crippen LogP contribution in [0, 0.1) is 0 Å². The summed E-state index contributed by atoms with van der Waals surface area (Å²) in [6.45, 7) is 0. The van der Waals surface area contributed by atoms with Gasteiger partial charge in [0.25, 0.3) is 0 Å². The lowest BCUT2D eigenvalue weighted by Crippen LogP contribution is -2.00. The van der Waals surface area contributed by atoms with Gasteiger partial charge in [0.15, 0.2) is 23.3 Å². The Morgan fingerprint density at radius 1 is 0.209 bits per heavy atom. The molecule has 6 nitrogen and oxygen atoms in total. The lowest BCUT2D eigenvalue weighted by Gasteiger charge is -2.12. The molecule has 67 heavy (non-hydrogen) atoms. The van der Waals surface area contributed by atoms with E-state index in [1.54, 1.807) is 0 Å². The standard InChI is InChI=1S/C61H39N5O/c1-4-14-40(15-5-1)42-26-30-44(31-27-42)54-39-55(63-60(62-54)51-34-35-53-52-24-10-11-25-56(52)67-57(53)38-51)49-22-12-20-47(36-49)48-21-13-23-50(37-48)61-65-58(45-18-8-3-9-19-45)64-59(66-61)46-32-28-43(29-33-46)41-16-6-2-7-17-41/h1-39H. The van der Waals surface area contributed by atoms with Crippen molar-refractivity contribution in [3.63, 3.8) is 0 Å². The van der Waals surface area contributed by atoms with Crippen molar-refractivity contribution in [2.75, 3.05) is 0 Å². The van der Waals surface area contributed by atoms with Crippen LogP contribution in [-0.4, -0.2) is 24.9 Å². The predicted octanol–water partition coefficient (Wildman–Crippen LogP) is 15.6. The Kier molecular flexibility index (Phi) is 10.1. The molecule has 3 heterocycles. The first kappa shape index (κ1) is 39.5. The Labute approximate surface area is 387 Å². The molecule has 0 amide bonds. The van der Waals surface area contributed by atoms with Crippen LogP contribution in [0.25, 0.3) is 123 Å². The third-order valence-electron chi connectivity index (χ3n) is 12.2. The molecule has 0 saturated heterocycles. The van der Waals surface area contributed by atoms with Crippen LogP contribution >= 0.6 is 0 Å². The van der Waals surface area contributed by atoms with Crippen molar-refractivity contribution in [3.8, 4) is 101 Å². The van der Waals surface area contributed by atoms with E-state index in [1.807, 2.05) is 66.7 Å². The van der Waals surface area contributed by atoms with Gasteiger partial charge in [-0.15, -0.1) is 0 Å². The van der Waals surface area contributed by atoms with Crippen molar-refractivity contribution >= 4 is 21.9 Å². The van der Waals surface area contributed by atoms with E-state index < -0.39 is 0 Å². The average Bonchev–Trinajstić information content (AvgIpc) is 3.80. The monoisotopic (exact) mass is 857 g/mol. The van der Waals surface area contributed by atoms with E-state index in [0.29, 0.717) is 23.3 Å². The summed E-state index contributed by atoms with van der Waals surface area (Å²) in [6, 6.07) is 81.2. The van der Waals surface area contributed by atoms with Crippen LogP contribution in [0.2, 0.25) is 0 Å². The highest BCUT2D eigenvalue weighted by molar-refractivity contribution is 6.05. The van der Waals surface area contributed by atoms with Crippen LogP contribution in [0.1, 0.15) is 0 Å². The maximum Gasteiger partial charge on any atom is 0.164 e. The first-order chi connectivity index (χ1) is 33.1. The highest BCUT2D eigenvalue weighted by atomic mass is 16.3. The maximum atomic E-state index is 6.32. The molecule has 0 aliphatic rings. The molecule has 12 aromatic rings. The van der Waals surface area contributed by atoms with Gasteiger partial charge in [-0.25, -0.2) is 24.9 Å². The maximum absolute atomic E-state index is 6.32. The SMILES string of the molecule is c1ccc(-c2ccc(-c3cc(-c4cccc(-c5cccc(-c6nc(-c7ccccc7)nc(-c7ccc(-c8ccccc8)cc7)n6)c5)c4)nc(-c4ccc5c(c4)oc4ccccc45)n3)cc2)cc1. The summed E-state index contributed by atoms with van der Waals surface area (Å²) in [7, 11) is 0. The van der Waals surface area contributed by atoms with Gasteiger partial charge in [-0.05, 0) is 69.8 Å². The largest absolute Gasteiger partial charge is 0.456 e. The molecule has 12 rings (SSSR count). The van der Waals surface area contributed by atoms with Gasteiger partial charge < -0.3 is 4.42 Å². The molecule has 0 unspecified atom stereocenters. The minimum atomic E-state index is 0.596. The first-order valence-corrected chi connectivity index (χ1v) is 22.3. The average molecular weight is 858 g/mol. The molecule has 314 valence electrons. The van der Waals surface area contributed by atoms with Gasteiger partial charge in [0.1, 0.15) is 11.2 Å². The minimum absolute atomic E-state index is 0.596. The third kappa shape index (κ3) is 7.94. The molecule has 0 atom stereocenters. The Bertz CT molecular complexity index is 3720. The van der Waals surface area contributed by atoms with E-state index in [2.05, 4.69) is 170 Å². The second-order valence-corrected chi connectivity index (χ2v) is 16.5. The van der Waals surface area contributed by atoms with Crippen LogP contribution in [0.4, 0.5) is 0 Å². The van der Waals surface area contributed by atoms with Gasteiger partial charge in [0.05, 0.1) is 11.4 Å². The summed E-state index contributed by atoms with van der Waals surface area (Å²) in [5.74, 6) is 2.44. The molecular formula is C61H39N5O. The fraction of sp³-hybridized carbons (Fsp3) is 0. The molecule has 0 saturated carbocycles. The van der Waals surface area contributed by atoms with Crippen LogP contribution < -0.4 is 0 Å². The highest BCUT2D eigenvalue weighted by Gasteiger charge is 2.17. The Morgan fingerprint density at radius 2 is 0.582 bits per heavy atom. The Balaban J connectivity index is 0.929. The number of aromatic nitrogens is 5. The summed E-state index contributed by atoms with van der Waals surface area (Å²) in [5.41, 5.74) is 15.5. The van der Waals surface area contributed by atoms with Crippen molar-refractivity contribution < 1.29 is 4.42 Å². The predicted molar refractivity (Wildman–Crippen MR) is 272 cm³/mol. The molecule has 9 aromatic carbocycles. The lowest BCUT2D eigenvalue weighted by atomic mass is 9.98. The van der Waals surface area contributed by atoms with Crippen molar-refractivity contribution in [1.29, 1.82) is 0 Å². The smallest absolute Gasteiger partial charge is 0.164 e. The molecule has 0 radical (unpaired) electrons. The van der Waals surface area contributed by atoms with Crippen LogP contribution in [-0.2, 0) is 0 Å². The molecule has 0 N–H and O–H groups in total. The first-order valence-electron chi connectivity index (χ1n) is 22.3. The topological polar surface area (TPSA) is 77.6 Å². The fourth-order valence-corrected chi connectivity index (χ4v) is 8.69. The number of nitrogens with zero attached hydrogens (tertiary/aromatic N) is 5. The molecule has 6 heteroatoms. The normalized spacial score (nSPS) is 11.3. The van der Waals surface area contributed by atoms with Gasteiger partial charge >= 0.3 is 0 Å². The zero-order chi connectivity index (χ0) is 44.5. The molecule has 3 aromatic heterocycles. The molecule has 0 bridgehead atoms. The number of hydrogen-bond donors (Lipinski definition) is 0. The minimum Gasteiger partial charge on any atom is -0.456 e. The third-order valence-corrected chi connectivity index (χ3v) is 12.2. The highest BCUT2D eigenvalue weighted by Crippen LogP contribution is 2.36. The second kappa shape index (κ2) is 17.1. The van der Waals surface area contributed by atoms with E-state index in [0.717, 1.165) is 94.5 Å². The number of para-hydroxylation sites is 1. The van der Waals surface area contributed by atoms with E-state index >= 15 is 0 Å². The number of rotatable bonds is 9. The molecule has 0 aliphatic heterocycles. The number of benzene rings is 9. The van der Waals surface area contributed by atoms with Gasteiger partial charge in [-0.3, -0.25) is 0 Å². The Morgan fingerprint density at radius 3 is 1.21 bits per heavy atom. The van der Waals surface area contributed by atoms with Crippen LogP contribution in [0.3, 0.4) is 0 Å². The fourth-order valence-electron chi connectivity index (χ4n) is 8.69. The van der Waals surface area contributed by atoms with Crippen LogP contribution in [0.5, 0.6) is 0 Å². The summed E-state index contributed by atoms with van der Waals surface area (Å²) in [6.07, 6.45) is 0. The summed E-state index contributed by atoms with van der Waals surface area (Å²) in [5, 5.41) is 2.14. The zero-order valence-electron chi connectivity index (χ0n) is 36.2. The summed E-state index contributed by atoms with van der Waals surface area (Å²) >= 11 is 0. The van der Waals surface area contributed by atoms with Gasteiger partial charge in [0, 0.05) is 44.2 Å². The number of hydrogen-bond acceptors (Lipinski definition) is 6. The van der Waals surface area contributed by atoms with Crippen LogP contribution in [0.15, 0.2) is 241 Å². The van der Waals surface area contributed by atoms with E-state index in [4.69, 9.17) is 29.3 Å². The van der Waals surface area contributed by atoms with Crippen molar-refractivity contribution in [3.05, 3.63) is 237 Å². The Hall–Kier alpha value is -9.13. The summed E-state index contributed by atoms with van der Waals surface area (Å²) < 4.78 is 6.32. The molecule has 0 spiro atoms. The van der Waals surface area contributed by atoms with Gasteiger partial charge in [-0.1, -0.05) is 200 Å². The van der Waals surface area contributed by atoms with Crippen molar-refractivity contribution in [2.24, 2.45) is 0 Å². The number of fused-ring (bicyclic) bond motifs is 3. The molecule has 0 fully saturated rings. The second-order valence-electron chi connectivity index (χ2n) is 16.5. The quantitative estimate of drug-likeness (QED) is 0.144. The molecule has 0 aliphatic carbocycles. The van der Waals surface area contributed by atoms with E-state index in [-0.39, 0.29) is 0 Å². The van der Waals surface area contributed by atoms with E-state index in [1.165, 1.54) is 5.56 Å². The van der Waals surface area contributed by atoms with Crippen molar-refractivity contribution in [1.82, 2.24) is 24.9 Å². The summed E-state index contributed by atoms with van der Waals surface area (Å²) in [4.78, 5) is 25.6. The van der Waals surface area contributed by atoms with E-state index in [9.17, 15) is 0 Å². The van der Waals surface area contributed by atoms with Gasteiger partial charge in [0.2, 0.25) is 0 Å². The lowest BCUT2D eigenvalue weighted by molar-refractivity contribution is 0.669. The molecular weight excluding hydrogens is 819 g/mol. The number of furan rings is 1. The van der Waals surface area contributed by atoms with Crippen molar-refractivity contribution in [2.45, 2.75) is 0 Å².